The average molecular weight is 210 g/mol. The van der Waals surface area contributed by atoms with E-state index in [1.54, 1.807) is 0 Å². The van der Waals surface area contributed by atoms with E-state index in [1.807, 2.05) is 4.90 Å². The number of hydrogen-bond donors (Lipinski definition) is 0. The molecule has 2 aliphatic heterocycles. The molecule has 2 rings (SSSR count). The van der Waals surface area contributed by atoms with Crippen LogP contribution in [0.15, 0.2) is 0 Å². The lowest BCUT2D eigenvalue weighted by Gasteiger charge is -2.32. The number of rotatable bonds is 3. The predicted molar refractivity (Wildman–Crippen MR) is 60.7 cm³/mol. The number of nitrogens with zero attached hydrogens (tertiary/aromatic N) is 2. The first-order chi connectivity index (χ1) is 7.25. The van der Waals surface area contributed by atoms with E-state index in [0.29, 0.717) is 5.91 Å². The topological polar surface area (TPSA) is 23.6 Å². The van der Waals surface area contributed by atoms with Gasteiger partial charge in [-0.1, -0.05) is 6.92 Å². The first-order valence-electron chi connectivity index (χ1n) is 6.26. The lowest BCUT2D eigenvalue weighted by Crippen LogP contribution is -2.40. The molecule has 2 heterocycles. The van der Waals surface area contributed by atoms with Gasteiger partial charge >= 0.3 is 0 Å². The van der Waals surface area contributed by atoms with E-state index in [9.17, 15) is 4.79 Å². The van der Waals surface area contributed by atoms with Gasteiger partial charge in [-0.2, -0.15) is 0 Å². The molecule has 0 spiro atoms. The number of piperidine rings is 1. The molecule has 2 saturated heterocycles. The monoisotopic (exact) mass is 210 g/mol. The molecule has 1 atom stereocenters. The van der Waals surface area contributed by atoms with Gasteiger partial charge in [0.05, 0.1) is 0 Å². The quantitative estimate of drug-likeness (QED) is 0.702. The fourth-order valence-corrected chi connectivity index (χ4v) is 2.69. The lowest BCUT2D eigenvalue weighted by atomic mass is 10.0. The van der Waals surface area contributed by atoms with E-state index < -0.39 is 0 Å². The third-order valence-electron chi connectivity index (χ3n) is 3.60. The first kappa shape index (κ1) is 10.9. The molecule has 0 radical (unpaired) electrons. The van der Waals surface area contributed by atoms with Crippen molar-refractivity contribution >= 4 is 5.91 Å². The van der Waals surface area contributed by atoms with Crippen molar-refractivity contribution in [2.24, 2.45) is 5.92 Å². The SMILES string of the molecule is C[C@H]1CCCN(CCN2CCCC2=O)C1. The molecular weight excluding hydrogens is 188 g/mol. The molecule has 0 aliphatic carbocycles. The van der Waals surface area contributed by atoms with Crippen LogP contribution >= 0.6 is 0 Å². The molecule has 0 saturated carbocycles. The van der Waals surface area contributed by atoms with Crippen molar-refractivity contribution in [3.05, 3.63) is 0 Å². The highest BCUT2D eigenvalue weighted by Gasteiger charge is 2.21. The maximum absolute atomic E-state index is 11.4. The van der Waals surface area contributed by atoms with Gasteiger partial charge in [0, 0.05) is 32.6 Å². The second-order valence-electron chi connectivity index (χ2n) is 5.03. The predicted octanol–water partition coefficient (Wildman–Crippen LogP) is 1.34. The van der Waals surface area contributed by atoms with E-state index in [-0.39, 0.29) is 0 Å². The molecule has 0 unspecified atom stereocenters. The zero-order valence-electron chi connectivity index (χ0n) is 9.74. The maximum atomic E-state index is 11.4. The van der Waals surface area contributed by atoms with Gasteiger partial charge in [0.2, 0.25) is 5.91 Å². The molecule has 86 valence electrons. The number of carbonyl (C=O) groups is 1. The van der Waals surface area contributed by atoms with Crippen molar-refractivity contribution in [1.82, 2.24) is 9.80 Å². The molecule has 2 fully saturated rings. The Balaban J connectivity index is 1.70. The standard InChI is InChI=1S/C12H22N2O/c1-11-4-2-6-13(10-11)8-9-14-7-3-5-12(14)15/h11H,2-10H2,1H3/t11-/m0/s1. The summed E-state index contributed by atoms with van der Waals surface area (Å²) in [4.78, 5) is 16.0. The lowest BCUT2D eigenvalue weighted by molar-refractivity contribution is -0.127. The highest BCUT2D eigenvalue weighted by molar-refractivity contribution is 5.78. The van der Waals surface area contributed by atoms with Gasteiger partial charge in [-0.05, 0) is 31.7 Å². The smallest absolute Gasteiger partial charge is 0.222 e. The number of amides is 1. The molecule has 0 aromatic carbocycles. The normalized spacial score (nSPS) is 28.7. The van der Waals surface area contributed by atoms with Gasteiger partial charge in [0.25, 0.3) is 0 Å². The van der Waals surface area contributed by atoms with Gasteiger partial charge < -0.3 is 9.80 Å². The summed E-state index contributed by atoms with van der Waals surface area (Å²) in [6, 6.07) is 0. The van der Waals surface area contributed by atoms with E-state index in [4.69, 9.17) is 0 Å². The molecule has 0 aromatic heterocycles. The van der Waals surface area contributed by atoms with Crippen LogP contribution in [0.1, 0.15) is 32.6 Å². The minimum atomic E-state index is 0.361. The molecule has 1 amide bonds. The van der Waals surface area contributed by atoms with Crippen LogP contribution in [0.25, 0.3) is 0 Å². The molecule has 3 nitrogen and oxygen atoms in total. The Morgan fingerprint density at radius 3 is 2.80 bits per heavy atom. The Bertz CT molecular complexity index is 230. The highest BCUT2D eigenvalue weighted by Crippen LogP contribution is 2.16. The fraction of sp³-hybridized carbons (Fsp3) is 0.917. The van der Waals surface area contributed by atoms with Crippen molar-refractivity contribution < 1.29 is 4.79 Å². The van der Waals surface area contributed by atoms with Gasteiger partial charge in [0.15, 0.2) is 0 Å². The third-order valence-corrected chi connectivity index (χ3v) is 3.60. The van der Waals surface area contributed by atoms with E-state index in [2.05, 4.69) is 11.8 Å². The van der Waals surface area contributed by atoms with Gasteiger partial charge in [0.1, 0.15) is 0 Å². The molecule has 0 bridgehead atoms. The van der Waals surface area contributed by atoms with Gasteiger partial charge in [-0.25, -0.2) is 0 Å². The van der Waals surface area contributed by atoms with Crippen LogP contribution in [0.3, 0.4) is 0 Å². The van der Waals surface area contributed by atoms with Crippen molar-refractivity contribution in [1.29, 1.82) is 0 Å². The summed E-state index contributed by atoms with van der Waals surface area (Å²) < 4.78 is 0. The van der Waals surface area contributed by atoms with Crippen LogP contribution in [-0.2, 0) is 4.79 Å². The Morgan fingerprint density at radius 1 is 1.27 bits per heavy atom. The van der Waals surface area contributed by atoms with Crippen molar-refractivity contribution in [3.63, 3.8) is 0 Å². The minimum Gasteiger partial charge on any atom is -0.341 e. The summed E-state index contributed by atoms with van der Waals surface area (Å²) in [5.41, 5.74) is 0. The van der Waals surface area contributed by atoms with Gasteiger partial charge in [-0.3, -0.25) is 4.79 Å². The van der Waals surface area contributed by atoms with Crippen LogP contribution in [0.4, 0.5) is 0 Å². The van der Waals surface area contributed by atoms with E-state index in [1.165, 1.54) is 25.9 Å². The molecule has 3 heteroatoms. The first-order valence-corrected chi connectivity index (χ1v) is 6.26. The fourth-order valence-electron chi connectivity index (χ4n) is 2.69. The van der Waals surface area contributed by atoms with Crippen molar-refractivity contribution in [2.45, 2.75) is 32.6 Å². The summed E-state index contributed by atoms with van der Waals surface area (Å²) in [5.74, 6) is 1.20. The Kier molecular flexibility index (Phi) is 3.62. The number of likely N-dealkylation sites (tertiary alicyclic amines) is 2. The van der Waals surface area contributed by atoms with E-state index >= 15 is 0 Å². The summed E-state index contributed by atoms with van der Waals surface area (Å²) in [6.07, 6.45) is 4.54. The number of carbonyl (C=O) groups excluding carboxylic acids is 1. The summed E-state index contributed by atoms with van der Waals surface area (Å²) in [6.45, 7) is 7.80. The van der Waals surface area contributed by atoms with Crippen molar-refractivity contribution in [2.75, 3.05) is 32.7 Å². The minimum absolute atomic E-state index is 0.361. The Labute approximate surface area is 92.4 Å². The van der Waals surface area contributed by atoms with Crippen LogP contribution in [0.2, 0.25) is 0 Å². The Morgan fingerprint density at radius 2 is 2.13 bits per heavy atom. The molecule has 0 N–H and O–H groups in total. The zero-order valence-corrected chi connectivity index (χ0v) is 9.74. The van der Waals surface area contributed by atoms with E-state index in [0.717, 1.165) is 38.4 Å². The summed E-state index contributed by atoms with van der Waals surface area (Å²) in [5, 5.41) is 0. The molecule has 0 aromatic rings. The summed E-state index contributed by atoms with van der Waals surface area (Å²) in [7, 11) is 0. The average Bonchev–Trinajstić information content (AvgIpc) is 2.61. The van der Waals surface area contributed by atoms with Crippen LogP contribution in [0.5, 0.6) is 0 Å². The molecule has 15 heavy (non-hydrogen) atoms. The number of hydrogen-bond acceptors (Lipinski definition) is 2. The molecular formula is C12H22N2O. The zero-order chi connectivity index (χ0) is 10.7. The summed E-state index contributed by atoms with van der Waals surface area (Å²) >= 11 is 0. The second-order valence-corrected chi connectivity index (χ2v) is 5.03. The third kappa shape index (κ3) is 2.94. The Hall–Kier alpha value is -0.570. The highest BCUT2D eigenvalue weighted by atomic mass is 16.2. The molecule has 2 aliphatic rings. The van der Waals surface area contributed by atoms with Crippen molar-refractivity contribution in [3.8, 4) is 0 Å². The second kappa shape index (κ2) is 4.97. The van der Waals surface area contributed by atoms with Crippen LogP contribution in [-0.4, -0.2) is 48.4 Å². The van der Waals surface area contributed by atoms with Crippen LogP contribution in [0, 0.1) is 5.92 Å². The largest absolute Gasteiger partial charge is 0.341 e. The maximum Gasteiger partial charge on any atom is 0.222 e. The van der Waals surface area contributed by atoms with Gasteiger partial charge in [-0.15, -0.1) is 0 Å². The van der Waals surface area contributed by atoms with Crippen LogP contribution < -0.4 is 0 Å².